The second-order valence-electron chi connectivity index (χ2n) is 5.16. The number of pyridine rings is 2. The summed E-state index contributed by atoms with van der Waals surface area (Å²) in [7, 11) is 0. The highest BCUT2D eigenvalue weighted by Crippen LogP contribution is 2.38. The summed E-state index contributed by atoms with van der Waals surface area (Å²) in [6, 6.07) is 9.88. The zero-order valence-electron chi connectivity index (χ0n) is 12.4. The molecular formula is C17H18N4S. The van der Waals surface area contributed by atoms with Crippen LogP contribution in [0.2, 0.25) is 0 Å². The molecule has 0 radical (unpaired) electrons. The maximum Gasteiger partial charge on any atom is 0.124 e. The van der Waals surface area contributed by atoms with E-state index in [9.17, 15) is 0 Å². The van der Waals surface area contributed by atoms with Crippen LogP contribution in [0.25, 0.3) is 22.0 Å². The van der Waals surface area contributed by atoms with Crippen molar-refractivity contribution in [1.29, 1.82) is 0 Å². The molecule has 22 heavy (non-hydrogen) atoms. The number of nitrogens with zero attached hydrogens (tertiary/aromatic N) is 3. The first kappa shape index (κ1) is 14.8. The van der Waals surface area contributed by atoms with Crippen LogP contribution in [0.15, 0.2) is 48.9 Å². The third kappa shape index (κ3) is 3.05. The van der Waals surface area contributed by atoms with Gasteiger partial charge in [-0.05, 0) is 43.1 Å². The molecule has 0 aromatic carbocycles. The Bertz CT molecular complexity index is 725. The number of thiazole rings is 1. The second kappa shape index (κ2) is 6.77. The first-order valence-electron chi connectivity index (χ1n) is 7.32. The molecule has 1 atom stereocenters. The molecule has 5 heteroatoms. The SMILES string of the molecule is CC(CCN)c1sc(-c2ccncc2)nc1-c1ccccn1. The van der Waals surface area contributed by atoms with Crippen LogP contribution in [-0.4, -0.2) is 21.5 Å². The minimum Gasteiger partial charge on any atom is -0.330 e. The summed E-state index contributed by atoms with van der Waals surface area (Å²) < 4.78 is 0. The molecule has 0 bridgehead atoms. The normalized spacial score (nSPS) is 12.3. The summed E-state index contributed by atoms with van der Waals surface area (Å²) in [5.41, 5.74) is 8.71. The van der Waals surface area contributed by atoms with Crippen molar-refractivity contribution < 1.29 is 0 Å². The van der Waals surface area contributed by atoms with Gasteiger partial charge in [-0.15, -0.1) is 11.3 Å². The summed E-state index contributed by atoms with van der Waals surface area (Å²) in [6.45, 7) is 2.87. The molecule has 0 aliphatic carbocycles. The Labute approximate surface area is 134 Å². The molecule has 0 saturated carbocycles. The predicted molar refractivity (Wildman–Crippen MR) is 90.7 cm³/mol. The minimum atomic E-state index is 0.370. The topological polar surface area (TPSA) is 64.7 Å². The molecule has 0 saturated heterocycles. The lowest BCUT2D eigenvalue weighted by atomic mass is 10.0. The average Bonchev–Trinajstić information content (AvgIpc) is 3.02. The fraction of sp³-hybridized carbons (Fsp3) is 0.235. The highest BCUT2D eigenvalue weighted by Gasteiger charge is 2.19. The van der Waals surface area contributed by atoms with Gasteiger partial charge in [0.15, 0.2) is 0 Å². The molecule has 3 heterocycles. The number of aromatic nitrogens is 3. The first-order valence-corrected chi connectivity index (χ1v) is 8.14. The van der Waals surface area contributed by atoms with Crippen LogP contribution in [-0.2, 0) is 0 Å². The van der Waals surface area contributed by atoms with E-state index >= 15 is 0 Å². The van der Waals surface area contributed by atoms with Gasteiger partial charge in [0.2, 0.25) is 0 Å². The Morgan fingerprint density at radius 3 is 2.64 bits per heavy atom. The van der Waals surface area contributed by atoms with Gasteiger partial charge >= 0.3 is 0 Å². The standard InChI is InChI=1S/C17H18N4S/c1-12(5-8-18)16-15(14-4-2-3-9-20-14)21-17(22-16)13-6-10-19-11-7-13/h2-4,6-7,9-12H,5,8,18H2,1H3. The van der Waals surface area contributed by atoms with Gasteiger partial charge in [-0.25, -0.2) is 4.98 Å². The van der Waals surface area contributed by atoms with Crippen molar-refractivity contribution in [3.8, 4) is 22.0 Å². The molecule has 1 unspecified atom stereocenters. The van der Waals surface area contributed by atoms with Crippen molar-refractivity contribution in [2.75, 3.05) is 6.54 Å². The van der Waals surface area contributed by atoms with Crippen molar-refractivity contribution in [2.24, 2.45) is 5.73 Å². The highest BCUT2D eigenvalue weighted by atomic mass is 32.1. The van der Waals surface area contributed by atoms with Gasteiger partial charge in [-0.2, -0.15) is 0 Å². The van der Waals surface area contributed by atoms with E-state index in [1.807, 2.05) is 30.3 Å². The third-order valence-corrected chi connectivity index (χ3v) is 4.87. The molecule has 0 amide bonds. The third-order valence-electron chi connectivity index (χ3n) is 3.54. The van der Waals surface area contributed by atoms with Crippen molar-refractivity contribution >= 4 is 11.3 Å². The van der Waals surface area contributed by atoms with Crippen molar-refractivity contribution in [3.63, 3.8) is 0 Å². The molecule has 0 spiro atoms. The lowest BCUT2D eigenvalue weighted by Crippen LogP contribution is -2.04. The van der Waals surface area contributed by atoms with E-state index in [0.717, 1.165) is 28.4 Å². The largest absolute Gasteiger partial charge is 0.330 e. The van der Waals surface area contributed by atoms with E-state index in [2.05, 4.69) is 16.9 Å². The smallest absolute Gasteiger partial charge is 0.124 e. The van der Waals surface area contributed by atoms with Crippen LogP contribution in [0.5, 0.6) is 0 Å². The second-order valence-corrected chi connectivity index (χ2v) is 6.19. The Morgan fingerprint density at radius 1 is 1.14 bits per heavy atom. The van der Waals surface area contributed by atoms with Crippen molar-refractivity contribution in [1.82, 2.24) is 15.0 Å². The molecule has 4 nitrogen and oxygen atoms in total. The van der Waals surface area contributed by atoms with Gasteiger partial charge in [0.05, 0.1) is 5.69 Å². The van der Waals surface area contributed by atoms with Crippen molar-refractivity contribution in [2.45, 2.75) is 19.3 Å². The summed E-state index contributed by atoms with van der Waals surface area (Å²) in [5, 5.41) is 1.00. The molecule has 0 fully saturated rings. The molecule has 112 valence electrons. The minimum absolute atomic E-state index is 0.370. The van der Waals surface area contributed by atoms with Gasteiger partial charge in [0.25, 0.3) is 0 Å². The van der Waals surface area contributed by atoms with Gasteiger partial charge < -0.3 is 5.73 Å². The Kier molecular flexibility index (Phi) is 4.56. The highest BCUT2D eigenvalue weighted by molar-refractivity contribution is 7.15. The predicted octanol–water partition coefficient (Wildman–Crippen LogP) is 3.72. The molecule has 2 N–H and O–H groups in total. The summed E-state index contributed by atoms with van der Waals surface area (Å²) in [5.74, 6) is 0.370. The van der Waals surface area contributed by atoms with E-state index in [0.29, 0.717) is 12.5 Å². The molecule has 3 aromatic heterocycles. The number of hydrogen-bond donors (Lipinski definition) is 1. The van der Waals surface area contributed by atoms with E-state index in [1.54, 1.807) is 29.9 Å². The monoisotopic (exact) mass is 310 g/mol. The molecular weight excluding hydrogens is 292 g/mol. The summed E-state index contributed by atoms with van der Waals surface area (Å²) in [6.07, 6.45) is 6.33. The summed E-state index contributed by atoms with van der Waals surface area (Å²) in [4.78, 5) is 14.6. The van der Waals surface area contributed by atoms with E-state index < -0.39 is 0 Å². The van der Waals surface area contributed by atoms with Gasteiger partial charge in [-0.3, -0.25) is 9.97 Å². The van der Waals surface area contributed by atoms with Crippen LogP contribution in [0, 0.1) is 0 Å². The molecule has 0 aliphatic rings. The fourth-order valence-corrected chi connectivity index (χ4v) is 3.52. The van der Waals surface area contributed by atoms with Gasteiger partial charge in [0, 0.05) is 29.0 Å². The van der Waals surface area contributed by atoms with Crippen LogP contribution >= 0.6 is 11.3 Å². The number of rotatable bonds is 5. The van der Waals surface area contributed by atoms with Gasteiger partial charge in [-0.1, -0.05) is 13.0 Å². The van der Waals surface area contributed by atoms with Gasteiger partial charge in [0.1, 0.15) is 10.7 Å². The maximum absolute atomic E-state index is 5.73. The van der Waals surface area contributed by atoms with E-state index in [4.69, 9.17) is 10.7 Å². The fourth-order valence-electron chi connectivity index (χ4n) is 2.35. The van der Waals surface area contributed by atoms with E-state index in [-0.39, 0.29) is 0 Å². The van der Waals surface area contributed by atoms with Crippen LogP contribution in [0.3, 0.4) is 0 Å². The Hall–Kier alpha value is -2.11. The van der Waals surface area contributed by atoms with Crippen molar-refractivity contribution in [3.05, 3.63) is 53.8 Å². The Balaban J connectivity index is 2.09. The van der Waals surface area contributed by atoms with E-state index in [1.165, 1.54) is 4.88 Å². The zero-order chi connectivity index (χ0) is 15.4. The maximum atomic E-state index is 5.73. The number of hydrogen-bond acceptors (Lipinski definition) is 5. The quantitative estimate of drug-likeness (QED) is 0.780. The Morgan fingerprint density at radius 2 is 1.95 bits per heavy atom. The van der Waals surface area contributed by atoms with Crippen LogP contribution in [0.4, 0.5) is 0 Å². The average molecular weight is 310 g/mol. The lowest BCUT2D eigenvalue weighted by molar-refractivity contribution is 0.701. The molecule has 0 aliphatic heterocycles. The summed E-state index contributed by atoms with van der Waals surface area (Å²) >= 11 is 1.72. The van der Waals surface area contributed by atoms with Crippen LogP contribution < -0.4 is 5.73 Å². The lowest BCUT2D eigenvalue weighted by Gasteiger charge is -2.09. The zero-order valence-corrected chi connectivity index (χ0v) is 13.3. The van der Waals surface area contributed by atoms with Crippen LogP contribution in [0.1, 0.15) is 24.1 Å². The number of nitrogens with two attached hydrogens (primary N) is 1. The molecule has 3 aromatic rings. The first-order chi connectivity index (χ1) is 10.8. The molecule has 3 rings (SSSR count).